The van der Waals surface area contributed by atoms with Crippen molar-refractivity contribution >= 4 is 12.1 Å². The average molecular weight is 457 g/mol. The van der Waals surface area contributed by atoms with Crippen LogP contribution in [-0.2, 0) is 10.4 Å². The Hall–Kier alpha value is -4.43. The van der Waals surface area contributed by atoms with Crippen molar-refractivity contribution in [3.63, 3.8) is 0 Å². The number of aromatic amines is 1. The van der Waals surface area contributed by atoms with Crippen LogP contribution in [0.4, 0.5) is 0 Å². The molecule has 0 aliphatic carbocycles. The second-order valence-electron chi connectivity index (χ2n) is 7.41. The Labute approximate surface area is 196 Å². The minimum atomic E-state index is -1.91. The molecule has 0 aliphatic rings. The van der Waals surface area contributed by atoms with Crippen molar-refractivity contribution in [3.8, 4) is 22.8 Å². The summed E-state index contributed by atoms with van der Waals surface area (Å²) in [6, 6.07) is 22.9. The van der Waals surface area contributed by atoms with E-state index < -0.39 is 11.5 Å². The lowest BCUT2D eigenvalue weighted by atomic mass is 9.85. The van der Waals surface area contributed by atoms with E-state index in [9.17, 15) is 9.90 Å². The van der Waals surface area contributed by atoms with E-state index in [0.29, 0.717) is 33.9 Å². The van der Waals surface area contributed by atoms with Gasteiger partial charge in [-0.15, -0.1) is 0 Å². The number of carbonyl (C=O) groups excluding carboxylic acids is 1. The molecule has 8 nitrogen and oxygen atoms in total. The minimum Gasteiger partial charge on any atom is -0.493 e. The number of hydrazone groups is 1. The third-order valence-corrected chi connectivity index (χ3v) is 5.42. The van der Waals surface area contributed by atoms with E-state index in [-0.39, 0.29) is 0 Å². The van der Waals surface area contributed by atoms with Crippen molar-refractivity contribution in [2.45, 2.75) is 5.60 Å². The van der Waals surface area contributed by atoms with Gasteiger partial charge in [0.1, 0.15) is 0 Å². The van der Waals surface area contributed by atoms with Crippen molar-refractivity contribution in [3.05, 3.63) is 102 Å². The number of aliphatic hydroxyl groups is 1. The number of benzene rings is 3. The zero-order chi connectivity index (χ0) is 24.0. The largest absolute Gasteiger partial charge is 0.493 e. The first-order valence-corrected chi connectivity index (χ1v) is 10.5. The van der Waals surface area contributed by atoms with Gasteiger partial charge in [0.2, 0.25) is 0 Å². The standard InChI is InChI=1S/C26H24N4O4/c1-33-22-14-13-18(15-23(22)34-2)24-19(16-27-29-24)17-28-30-25(31)26(32,20-9-5-3-6-10-20)21-11-7-4-8-12-21/h3-17,32H,1-2H3,(H,27,29)(H,30,31)/b28-17-. The molecule has 0 unspecified atom stereocenters. The first kappa shape index (κ1) is 22.8. The van der Waals surface area contributed by atoms with E-state index in [1.165, 1.54) is 6.21 Å². The van der Waals surface area contributed by atoms with Gasteiger partial charge in [-0.05, 0) is 29.3 Å². The van der Waals surface area contributed by atoms with E-state index in [2.05, 4.69) is 20.7 Å². The van der Waals surface area contributed by atoms with Crippen LogP contribution < -0.4 is 14.9 Å². The SMILES string of the molecule is COc1ccc(-c2[nH]ncc2/C=N\NC(=O)C(O)(c2ccccc2)c2ccccc2)cc1OC. The van der Waals surface area contributed by atoms with E-state index in [1.807, 2.05) is 24.3 Å². The highest BCUT2D eigenvalue weighted by molar-refractivity contribution is 5.93. The topological polar surface area (TPSA) is 109 Å². The van der Waals surface area contributed by atoms with Gasteiger partial charge in [-0.3, -0.25) is 9.89 Å². The normalized spacial score (nSPS) is 11.4. The number of nitrogens with one attached hydrogen (secondary N) is 2. The van der Waals surface area contributed by atoms with Crippen LogP contribution in [-0.4, -0.2) is 41.6 Å². The molecule has 0 aliphatic heterocycles. The molecule has 1 heterocycles. The summed E-state index contributed by atoms with van der Waals surface area (Å²) in [7, 11) is 3.13. The van der Waals surface area contributed by atoms with Gasteiger partial charge >= 0.3 is 0 Å². The highest BCUT2D eigenvalue weighted by Gasteiger charge is 2.39. The molecule has 0 fully saturated rings. The van der Waals surface area contributed by atoms with Crippen LogP contribution in [0.3, 0.4) is 0 Å². The molecule has 34 heavy (non-hydrogen) atoms. The van der Waals surface area contributed by atoms with Gasteiger partial charge in [-0.1, -0.05) is 60.7 Å². The summed E-state index contributed by atoms with van der Waals surface area (Å²) in [6.45, 7) is 0. The summed E-state index contributed by atoms with van der Waals surface area (Å²) in [5.41, 5.74) is 3.54. The molecule has 3 aromatic carbocycles. The third kappa shape index (κ3) is 4.39. The van der Waals surface area contributed by atoms with Crippen molar-refractivity contribution in [2.24, 2.45) is 5.10 Å². The second-order valence-corrected chi connectivity index (χ2v) is 7.41. The van der Waals surface area contributed by atoms with Crippen molar-refractivity contribution in [1.82, 2.24) is 15.6 Å². The zero-order valence-electron chi connectivity index (χ0n) is 18.7. The summed E-state index contributed by atoms with van der Waals surface area (Å²) < 4.78 is 10.7. The lowest BCUT2D eigenvalue weighted by molar-refractivity contribution is -0.136. The van der Waals surface area contributed by atoms with E-state index in [0.717, 1.165) is 5.56 Å². The monoisotopic (exact) mass is 456 g/mol. The summed E-state index contributed by atoms with van der Waals surface area (Å²) in [5.74, 6) is 0.494. The molecule has 0 spiro atoms. The molecule has 3 N–H and O–H groups in total. The summed E-state index contributed by atoms with van der Waals surface area (Å²) in [5, 5.41) is 22.6. The maximum Gasteiger partial charge on any atom is 0.281 e. The Balaban J connectivity index is 1.59. The number of carbonyl (C=O) groups is 1. The number of amides is 1. The highest BCUT2D eigenvalue weighted by Crippen LogP contribution is 2.33. The summed E-state index contributed by atoms with van der Waals surface area (Å²) >= 11 is 0. The maximum atomic E-state index is 13.2. The molecule has 0 bridgehead atoms. The van der Waals surface area contributed by atoms with Crippen LogP contribution in [0.15, 0.2) is 90.2 Å². The first-order chi connectivity index (χ1) is 16.6. The molecule has 4 aromatic rings. The fourth-order valence-corrected chi connectivity index (χ4v) is 3.65. The van der Waals surface area contributed by atoms with E-state index in [1.54, 1.807) is 75.0 Å². The predicted molar refractivity (Wildman–Crippen MR) is 129 cm³/mol. The number of hydrogen-bond acceptors (Lipinski definition) is 6. The molecule has 0 radical (unpaired) electrons. The maximum absolute atomic E-state index is 13.2. The van der Waals surface area contributed by atoms with Crippen LogP contribution in [0.25, 0.3) is 11.3 Å². The number of rotatable bonds is 8. The van der Waals surface area contributed by atoms with Crippen LogP contribution in [0.5, 0.6) is 11.5 Å². The number of hydrogen-bond donors (Lipinski definition) is 3. The number of nitrogens with zero attached hydrogens (tertiary/aromatic N) is 2. The third-order valence-electron chi connectivity index (χ3n) is 5.42. The molecule has 0 saturated heterocycles. The summed E-state index contributed by atoms with van der Waals surface area (Å²) in [4.78, 5) is 13.2. The molecule has 1 amide bonds. The first-order valence-electron chi connectivity index (χ1n) is 10.5. The molecular formula is C26H24N4O4. The van der Waals surface area contributed by atoms with Gasteiger partial charge in [0, 0.05) is 11.1 Å². The van der Waals surface area contributed by atoms with E-state index in [4.69, 9.17) is 9.47 Å². The molecule has 8 heteroatoms. The van der Waals surface area contributed by atoms with Crippen molar-refractivity contribution in [1.29, 1.82) is 0 Å². The highest BCUT2D eigenvalue weighted by atomic mass is 16.5. The Morgan fingerprint density at radius 1 is 0.971 bits per heavy atom. The van der Waals surface area contributed by atoms with Crippen molar-refractivity contribution in [2.75, 3.05) is 14.2 Å². The summed E-state index contributed by atoms with van der Waals surface area (Å²) in [6.07, 6.45) is 3.05. The van der Waals surface area contributed by atoms with Gasteiger partial charge in [-0.2, -0.15) is 10.2 Å². The number of methoxy groups -OCH3 is 2. The van der Waals surface area contributed by atoms with Gasteiger partial charge in [-0.25, -0.2) is 5.43 Å². The van der Waals surface area contributed by atoms with Crippen molar-refractivity contribution < 1.29 is 19.4 Å². The van der Waals surface area contributed by atoms with Crippen LogP contribution in [0.1, 0.15) is 16.7 Å². The molecular weight excluding hydrogens is 432 g/mol. The molecule has 4 rings (SSSR count). The van der Waals surface area contributed by atoms with Gasteiger partial charge in [0.15, 0.2) is 17.1 Å². The Morgan fingerprint density at radius 2 is 1.59 bits per heavy atom. The lowest BCUT2D eigenvalue weighted by Gasteiger charge is -2.27. The minimum absolute atomic E-state index is 0.434. The van der Waals surface area contributed by atoms with Crippen LogP contribution in [0.2, 0.25) is 0 Å². The smallest absolute Gasteiger partial charge is 0.281 e. The zero-order valence-corrected chi connectivity index (χ0v) is 18.7. The van der Waals surface area contributed by atoms with E-state index >= 15 is 0 Å². The molecule has 0 saturated carbocycles. The Kier molecular flexibility index (Phi) is 6.70. The lowest BCUT2D eigenvalue weighted by Crippen LogP contribution is -2.43. The number of H-pyrrole nitrogens is 1. The second kappa shape index (κ2) is 10.0. The molecule has 172 valence electrons. The Bertz CT molecular complexity index is 1250. The number of aromatic nitrogens is 2. The van der Waals surface area contributed by atoms with Crippen LogP contribution in [0, 0.1) is 0 Å². The fourth-order valence-electron chi connectivity index (χ4n) is 3.65. The predicted octanol–water partition coefficient (Wildman–Crippen LogP) is 3.48. The Morgan fingerprint density at radius 3 is 2.18 bits per heavy atom. The quantitative estimate of drug-likeness (QED) is 0.278. The average Bonchev–Trinajstić information content (AvgIpc) is 3.37. The molecule has 0 atom stereocenters. The van der Waals surface area contributed by atoms with Gasteiger partial charge in [0.25, 0.3) is 5.91 Å². The van der Waals surface area contributed by atoms with Gasteiger partial charge in [0.05, 0.1) is 32.3 Å². The fraction of sp³-hybridized carbons (Fsp3) is 0.115. The van der Waals surface area contributed by atoms with Crippen LogP contribution >= 0.6 is 0 Å². The molecule has 1 aromatic heterocycles. The van der Waals surface area contributed by atoms with Gasteiger partial charge < -0.3 is 14.6 Å². The number of ether oxygens (including phenoxy) is 2.